The maximum atomic E-state index is 12.3. The van der Waals surface area contributed by atoms with Crippen molar-refractivity contribution in [3.8, 4) is 5.75 Å². The zero-order valence-corrected chi connectivity index (χ0v) is 15.1. The topological polar surface area (TPSA) is 84.7 Å². The second kappa shape index (κ2) is 8.54. The van der Waals surface area contributed by atoms with Gasteiger partial charge in [0.25, 0.3) is 0 Å². The average Bonchev–Trinajstić information content (AvgIpc) is 3.04. The summed E-state index contributed by atoms with van der Waals surface area (Å²) in [5.41, 5.74) is 6.07. The lowest BCUT2D eigenvalue weighted by atomic mass is 9.78. The highest BCUT2D eigenvalue weighted by molar-refractivity contribution is 5.93. The van der Waals surface area contributed by atoms with Crippen LogP contribution < -0.4 is 15.8 Å². The zero-order valence-electron chi connectivity index (χ0n) is 14.3. The number of carbonyl (C=O) groups excluding carboxylic acids is 2. The van der Waals surface area contributed by atoms with Crippen LogP contribution in [0.15, 0.2) is 24.3 Å². The predicted molar refractivity (Wildman–Crippen MR) is 98.1 cm³/mol. The molecule has 6 nitrogen and oxygen atoms in total. The highest BCUT2D eigenvalue weighted by Gasteiger charge is 2.37. The second-order valence-corrected chi connectivity index (χ2v) is 6.80. The SMILES string of the molecule is Cl.NC(=O)c1cccc(OCCC(=O)N2CCC3(CCNC3)CC2)c1. The quantitative estimate of drug-likeness (QED) is 0.827. The van der Waals surface area contributed by atoms with Crippen molar-refractivity contribution in [3.63, 3.8) is 0 Å². The lowest BCUT2D eigenvalue weighted by molar-refractivity contribution is -0.133. The van der Waals surface area contributed by atoms with E-state index in [9.17, 15) is 9.59 Å². The van der Waals surface area contributed by atoms with Crippen LogP contribution in [0.5, 0.6) is 5.75 Å². The van der Waals surface area contributed by atoms with E-state index in [1.165, 1.54) is 6.42 Å². The standard InChI is InChI=1S/C18H25N3O3.ClH/c19-17(23)14-2-1-3-15(12-14)24-11-4-16(22)21-9-6-18(7-10-21)5-8-20-13-18;/h1-3,12,20H,4-11,13H2,(H2,19,23);1H. The summed E-state index contributed by atoms with van der Waals surface area (Å²) >= 11 is 0. The molecular formula is C18H26ClN3O3. The van der Waals surface area contributed by atoms with E-state index in [2.05, 4.69) is 5.32 Å². The summed E-state index contributed by atoms with van der Waals surface area (Å²) in [5, 5.41) is 3.44. The van der Waals surface area contributed by atoms with Crippen molar-refractivity contribution in [1.29, 1.82) is 0 Å². The molecule has 138 valence electrons. The number of nitrogens with two attached hydrogens (primary N) is 1. The molecule has 3 N–H and O–H groups in total. The highest BCUT2D eigenvalue weighted by atomic mass is 35.5. The van der Waals surface area contributed by atoms with Gasteiger partial charge in [0.1, 0.15) is 5.75 Å². The summed E-state index contributed by atoms with van der Waals surface area (Å²) in [6, 6.07) is 6.72. The Kier molecular flexibility index (Phi) is 6.67. The molecule has 0 aromatic heterocycles. The molecule has 0 radical (unpaired) electrons. The number of hydrogen-bond acceptors (Lipinski definition) is 4. The molecule has 0 bridgehead atoms. The molecule has 7 heteroatoms. The normalized spacial score (nSPS) is 18.6. The van der Waals surface area contributed by atoms with Gasteiger partial charge in [-0.2, -0.15) is 0 Å². The Hall–Kier alpha value is -1.79. The Bertz CT molecular complexity index is 607. The Balaban J connectivity index is 0.00000225. The fourth-order valence-corrected chi connectivity index (χ4v) is 3.61. The molecule has 1 aromatic rings. The number of ether oxygens (including phenoxy) is 1. The van der Waals surface area contributed by atoms with Crippen LogP contribution in [0, 0.1) is 5.41 Å². The predicted octanol–water partition coefficient (Wildman–Crippen LogP) is 1.58. The van der Waals surface area contributed by atoms with Crippen LogP contribution in [0.2, 0.25) is 0 Å². The number of likely N-dealkylation sites (tertiary alicyclic amines) is 1. The van der Waals surface area contributed by atoms with Crippen LogP contribution in [-0.2, 0) is 4.79 Å². The first-order valence-corrected chi connectivity index (χ1v) is 8.59. The number of amides is 2. The summed E-state index contributed by atoms with van der Waals surface area (Å²) in [7, 11) is 0. The lowest BCUT2D eigenvalue weighted by Crippen LogP contribution is -2.44. The van der Waals surface area contributed by atoms with E-state index >= 15 is 0 Å². The lowest BCUT2D eigenvalue weighted by Gasteiger charge is -2.38. The minimum absolute atomic E-state index is 0. The van der Waals surface area contributed by atoms with Gasteiger partial charge in [0.15, 0.2) is 0 Å². The molecule has 2 amide bonds. The van der Waals surface area contributed by atoms with E-state index in [1.807, 2.05) is 4.90 Å². The van der Waals surface area contributed by atoms with Crippen molar-refractivity contribution in [1.82, 2.24) is 10.2 Å². The number of halogens is 1. The number of piperidine rings is 1. The maximum Gasteiger partial charge on any atom is 0.248 e. The van der Waals surface area contributed by atoms with Gasteiger partial charge < -0.3 is 20.7 Å². The summed E-state index contributed by atoms with van der Waals surface area (Å²) in [5.74, 6) is 0.218. The fraction of sp³-hybridized carbons (Fsp3) is 0.556. The van der Waals surface area contributed by atoms with E-state index in [4.69, 9.17) is 10.5 Å². The number of hydrogen-bond donors (Lipinski definition) is 2. The van der Waals surface area contributed by atoms with Gasteiger partial charge in [-0.15, -0.1) is 12.4 Å². The summed E-state index contributed by atoms with van der Waals surface area (Å²) in [6.45, 7) is 4.19. The van der Waals surface area contributed by atoms with Crippen molar-refractivity contribution >= 4 is 24.2 Å². The van der Waals surface area contributed by atoms with Gasteiger partial charge in [-0.3, -0.25) is 9.59 Å². The third kappa shape index (κ3) is 4.86. The summed E-state index contributed by atoms with van der Waals surface area (Å²) in [6.07, 6.45) is 3.76. The molecule has 25 heavy (non-hydrogen) atoms. The minimum atomic E-state index is -0.486. The Morgan fingerprint density at radius 2 is 2.00 bits per heavy atom. The third-order valence-electron chi connectivity index (χ3n) is 5.21. The highest BCUT2D eigenvalue weighted by Crippen LogP contribution is 2.36. The van der Waals surface area contributed by atoms with Gasteiger partial charge in [-0.1, -0.05) is 6.07 Å². The monoisotopic (exact) mass is 367 g/mol. The van der Waals surface area contributed by atoms with Crippen molar-refractivity contribution in [3.05, 3.63) is 29.8 Å². The summed E-state index contributed by atoms with van der Waals surface area (Å²) < 4.78 is 5.59. The number of nitrogens with one attached hydrogen (secondary N) is 1. The van der Waals surface area contributed by atoms with Crippen molar-refractivity contribution in [2.45, 2.75) is 25.7 Å². The second-order valence-electron chi connectivity index (χ2n) is 6.80. The number of nitrogens with zero attached hydrogens (tertiary/aromatic N) is 1. The van der Waals surface area contributed by atoms with Crippen LogP contribution in [-0.4, -0.2) is 49.5 Å². The van der Waals surface area contributed by atoms with Crippen molar-refractivity contribution in [2.75, 3.05) is 32.8 Å². The van der Waals surface area contributed by atoms with E-state index in [-0.39, 0.29) is 18.3 Å². The Labute approximate surface area is 154 Å². The molecule has 2 heterocycles. The van der Waals surface area contributed by atoms with Crippen LogP contribution in [0.3, 0.4) is 0 Å². The van der Waals surface area contributed by atoms with Gasteiger partial charge in [0, 0.05) is 25.2 Å². The third-order valence-corrected chi connectivity index (χ3v) is 5.21. The van der Waals surface area contributed by atoms with Crippen LogP contribution >= 0.6 is 12.4 Å². The first-order chi connectivity index (χ1) is 11.6. The largest absolute Gasteiger partial charge is 0.493 e. The number of carbonyl (C=O) groups is 2. The molecule has 0 saturated carbocycles. The molecule has 1 spiro atoms. The Morgan fingerprint density at radius 1 is 1.24 bits per heavy atom. The number of rotatable bonds is 5. The zero-order chi connectivity index (χ0) is 17.0. The van der Waals surface area contributed by atoms with Gasteiger partial charge in [-0.05, 0) is 49.4 Å². The molecule has 2 aliphatic rings. The molecular weight excluding hydrogens is 342 g/mol. The van der Waals surface area contributed by atoms with Gasteiger partial charge in [0.2, 0.25) is 11.8 Å². The van der Waals surface area contributed by atoms with Crippen molar-refractivity contribution < 1.29 is 14.3 Å². The van der Waals surface area contributed by atoms with Gasteiger partial charge in [-0.25, -0.2) is 0 Å². The van der Waals surface area contributed by atoms with Crippen LogP contribution in [0.4, 0.5) is 0 Å². The van der Waals surface area contributed by atoms with Crippen molar-refractivity contribution in [2.24, 2.45) is 11.1 Å². The van der Waals surface area contributed by atoms with Gasteiger partial charge in [0.05, 0.1) is 13.0 Å². The van der Waals surface area contributed by atoms with E-state index in [1.54, 1.807) is 24.3 Å². The van der Waals surface area contributed by atoms with Crippen LogP contribution in [0.1, 0.15) is 36.0 Å². The van der Waals surface area contributed by atoms with E-state index < -0.39 is 5.91 Å². The molecule has 2 aliphatic heterocycles. The smallest absolute Gasteiger partial charge is 0.248 e. The molecule has 2 fully saturated rings. The first-order valence-electron chi connectivity index (χ1n) is 8.59. The number of primary amides is 1. The molecule has 3 rings (SSSR count). The molecule has 2 saturated heterocycles. The first kappa shape index (κ1) is 19.5. The molecule has 1 aromatic carbocycles. The Morgan fingerprint density at radius 3 is 2.64 bits per heavy atom. The van der Waals surface area contributed by atoms with Gasteiger partial charge >= 0.3 is 0 Å². The number of benzene rings is 1. The molecule has 0 atom stereocenters. The van der Waals surface area contributed by atoms with E-state index in [0.29, 0.717) is 29.8 Å². The fourth-order valence-electron chi connectivity index (χ4n) is 3.61. The average molecular weight is 368 g/mol. The van der Waals surface area contributed by atoms with Crippen LogP contribution in [0.25, 0.3) is 0 Å². The maximum absolute atomic E-state index is 12.3. The molecule has 0 aliphatic carbocycles. The van der Waals surface area contributed by atoms with E-state index in [0.717, 1.165) is 39.0 Å². The summed E-state index contributed by atoms with van der Waals surface area (Å²) in [4.78, 5) is 25.4. The molecule has 0 unspecified atom stereocenters. The minimum Gasteiger partial charge on any atom is -0.493 e.